The summed E-state index contributed by atoms with van der Waals surface area (Å²) in [6.45, 7) is 4.14. The Morgan fingerprint density at radius 2 is 1.65 bits per heavy atom. The zero-order chi connectivity index (χ0) is 22.4. The third-order valence-electron chi connectivity index (χ3n) is 4.20. The number of benzene rings is 2. The van der Waals surface area contributed by atoms with Crippen molar-refractivity contribution < 1.29 is 19.1 Å². The van der Waals surface area contributed by atoms with E-state index in [1.807, 2.05) is 6.92 Å². The Kier molecular flexibility index (Phi) is 7.28. The number of nitrogens with one attached hydrogen (secondary N) is 3. The van der Waals surface area contributed by atoms with Gasteiger partial charge in [0, 0.05) is 5.56 Å². The fraction of sp³-hybridized carbons (Fsp3) is 0.136. The minimum absolute atomic E-state index is 0.336. The highest BCUT2D eigenvalue weighted by molar-refractivity contribution is 7.18. The number of hydrogen-bond donors (Lipinski definition) is 3. The van der Waals surface area contributed by atoms with Crippen LogP contribution in [0.25, 0.3) is 0 Å². The molecule has 3 N–H and O–H groups in total. The molecule has 0 unspecified atom stereocenters. The molecular formula is C22H20ClN3O4S. The minimum Gasteiger partial charge on any atom is -0.494 e. The van der Waals surface area contributed by atoms with E-state index in [2.05, 4.69) is 16.2 Å². The number of hydrogen-bond acceptors (Lipinski definition) is 5. The molecule has 3 rings (SSSR count). The molecular weight excluding hydrogens is 438 g/mol. The van der Waals surface area contributed by atoms with Crippen LogP contribution in [0.1, 0.15) is 42.9 Å². The summed E-state index contributed by atoms with van der Waals surface area (Å²) in [5.41, 5.74) is 6.14. The largest absolute Gasteiger partial charge is 0.494 e. The summed E-state index contributed by atoms with van der Waals surface area (Å²) in [5, 5.41) is 3.56. The number of carbonyl (C=O) groups excluding carboxylic acids is 3. The van der Waals surface area contributed by atoms with Crippen molar-refractivity contribution in [3.05, 3.63) is 81.2 Å². The molecule has 160 valence electrons. The summed E-state index contributed by atoms with van der Waals surface area (Å²) in [6, 6.07) is 14.9. The Bertz CT molecular complexity index is 1110. The van der Waals surface area contributed by atoms with Crippen LogP contribution in [0.5, 0.6) is 5.75 Å². The van der Waals surface area contributed by atoms with Gasteiger partial charge in [-0.3, -0.25) is 25.2 Å². The first kappa shape index (κ1) is 22.3. The Morgan fingerprint density at radius 3 is 2.32 bits per heavy atom. The lowest BCUT2D eigenvalue weighted by molar-refractivity contribution is 0.0848. The van der Waals surface area contributed by atoms with Gasteiger partial charge < -0.3 is 10.1 Å². The number of halogens is 1. The SMILES string of the molecule is CCOc1ccc(C(=O)NNC(=O)c2sc(NC(=O)c3ccccc3Cl)cc2C)cc1. The number of ether oxygens (including phenoxy) is 1. The third kappa shape index (κ3) is 5.62. The highest BCUT2D eigenvalue weighted by atomic mass is 35.5. The summed E-state index contributed by atoms with van der Waals surface area (Å²) in [4.78, 5) is 37.5. The van der Waals surface area contributed by atoms with Gasteiger partial charge in [0.25, 0.3) is 17.7 Å². The van der Waals surface area contributed by atoms with Crippen LogP contribution in [0.2, 0.25) is 5.02 Å². The molecule has 7 nitrogen and oxygen atoms in total. The van der Waals surface area contributed by atoms with E-state index in [1.165, 1.54) is 0 Å². The van der Waals surface area contributed by atoms with Crippen molar-refractivity contribution in [2.45, 2.75) is 13.8 Å². The number of carbonyl (C=O) groups is 3. The van der Waals surface area contributed by atoms with Gasteiger partial charge in [0.2, 0.25) is 0 Å². The van der Waals surface area contributed by atoms with Crippen molar-refractivity contribution >= 4 is 45.7 Å². The van der Waals surface area contributed by atoms with Crippen LogP contribution in [0.3, 0.4) is 0 Å². The van der Waals surface area contributed by atoms with Crippen molar-refractivity contribution in [1.29, 1.82) is 0 Å². The normalized spacial score (nSPS) is 10.3. The van der Waals surface area contributed by atoms with Crippen LogP contribution in [0.4, 0.5) is 5.00 Å². The van der Waals surface area contributed by atoms with Gasteiger partial charge in [0.15, 0.2) is 0 Å². The molecule has 0 saturated heterocycles. The molecule has 0 spiro atoms. The first-order chi connectivity index (χ1) is 14.9. The predicted octanol–water partition coefficient (Wildman–Crippen LogP) is 4.44. The van der Waals surface area contributed by atoms with Crippen LogP contribution in [0, 0.1) is 6.92 Å². The monoisotopic (exact) mass is 457 g/mol. The van der Waals surface area contributed by atoms with Gasteiger partial charge in [0.1, 0.15) is 5.75 Å². The topological polar surface area (TPSA) is 96.5 Å². The van der Waals surface area contributed by atoms with Gasteiger partial charge in [0.05, 0.1) is 27.1 Å². The Labute approximate surface area is 188 Å². The van der Waals surface area contributed by atoms with E-state index in [0.717, 1.165) is 11.3 Å². The number of aryl methyl sites for hydroxylation is 1. The molecule has 0 radical (unpaired) electrons. The van der Waals surface area contributed by atoms with Crippen LogP contribution >= 0.6 is 22.9 Å². The fourth-order valence-electron chi connectivity index (χ4n) is 2.71. The Morgan fingerprint density at radius 1 is 0.968 bits per heavy atom. The van der Waals surface area contributed by atoms with Crippen molar-refractivity contribution in [3.63, 3.8) is 0 Å². The molecule has 0 fully saturated rings. The van der Waals surface area contributed by atoms with Crippen molar-refractivity contribution in [2.24, 2.45) is 0 Å². The highest BCUT2D eigenvalue weighted by Crippen LogP contribution is 2.27. The standard InChI is InChI=1S/C22H20ClN3O4S/c1-3-30-15-10-8-14(9-11-15)20(27)25-26-22(29)19-13(2)12-18(31-19)24-21(28)16-6-4-5-7-17(16)23/h4-12H,3H2,1-2H3,(H,24,28)(H,25,27)(H,26,29). The van der Waals surface area contributed by atoms with E-state index in [-0.39, 0.29) is 5.91 Å². The molecule has 31 heavy (non-hydrogen) atoms. The maximum Gasteiger partial charge on any atom is 0.280 e. The predicted molar refractivity (Wildman–Crippen MR) is 121 cm³/mol. The average molecular weight is 458 g/mol. The lowest BCUT2D eigenvalue weighted by atomic mass is 10.2. The minimum atomic E-state index is -0.486. The molecule has 1 aromatic heterocycles. The maximum atomic E-state index is 12.5. The number of anilines is 1. The number of hydrazine groups is 1. The molecule has 0 saturated carbocycles. The van der Waals surface area contributed by atoms with E-state index in [9.17, 15) is 14.4 Å². The molecule has 3 amide bonds. The third-order valence-corrected chi connectivity index (χ3v) is 5.68. The number of amides is 3. The van der Waals surface area contributed by atoms with Gasteiger partial charge >= 0.3 is 0 Å². The van der Waals surface area contributed by atoms with Crippen LogP contribution < -0.4 is 20.9 Å². The quantitative estimate of drug-likeness (QED) is 0.477. The second-order valence-electron chi connectivity index (χ2n) is 6.42. The molecule has 1 heterocycles. The molecule has 0 bridgehead atoms. The maximum absolute atomic E-state index is 12.5. The van der Waals surface area contributed by atoms with Crippen molar-refractivity contribution in [2.75, 3.05) is 11.9 Å². The first-order valence-electron chi connectivity index (χ1n) is 9.39. The second-order valence-corrected chi connectivity index (χ2v) is 7.88. The fourth-order valence-corrected chi connectivity index (χ4v) is 3.89. The van der Waals surface area contributed by atoms with Crippen LogP contribution in [-0.2, 0) is 0 Å². The van der Waals surface area contributed by atoms with Gasteiger partial charge in [-0.1, -0.05) is 23.7 Å². The van der Waals surface area contributed by atoms with Crippen molar-refractivity contribution in [1.82, 2.24) is 10.9 Å². The van der Waals surface area contributed by atoms with E-state index in [0.29, 0.717) is 43.9 Å². The molecule has 3 aromatic rings. The van der Waals surface area contributed by atoms with E-state index in [1.54, 1.807) is 61.5 Å². The second kappa shape index (κ2) is 10.1. The zero-order valence-corrected chi connectivity index (χ0v) is 18.4. The summed E-state index contributed by atoms with van der Waals surface area (Å²) >= 11 is 7.15. The lowest BCUT2D eigenvalue weighted by Gasteiger charge is -2.08. The van der Waals surface area contributed by atoms with Gasteiger partial charge in [-0.25, -0.2) is 0 Å². The molecule has 0 aliphatic carbocycles. The molecule has 0 aliphatic rings. The first-order valence-corrected chi connectivity index (χ1v) is 10.6. The smallest absolute Gasteiger partial charge is 0.280 e. The van der Waals surface area contributed by atoms with E-state index >= 15 is 0 Å². The van der Waals surface area contributed by atoms with Gasteiger partial charge in [-0.2, -0.15) is 0 Å². The lowest BCUT2D eigenvalue weighted by Crippen LogP contribution is -2.41. The number of thiophene rings is 1. The Hall–Kier alpha value is -3.36. The van der Waals surface area contributed by atoms with Crippen molar-refractivity contribution in [3.8, 4) is 5.75 Å². The zero-order valence-electron chi connectivity index (χ0n) is 16.8. The molecule has 0 aliphatic heterocycles. The van der Waals surface area contributed by atoms with Crippen LogP contribution in [-0.4, -0.2) is 24.3 Å². The average Bonchev–Trinajstić information content (AvgIpc) is 3.12. The summed E-state index contributed by atoms with van der Waals surface area (Å²) in [5.74, 6) is -0.663. The molecule has 2 aromatic carbocycles. The van der Waals surface area contributed by atoms with E-state index in [4.69, 9.17) is 16.3 Å². The van der Waals surface area contributed by atoms with Crippen LogP contribution in [0.15, 0.2) is 54.6 Å². The van der Waals surface area contributed by atoms with E-state index < -0.39 is 11.8 Å². The molecule has 0 atom stereocenters. The Balaban J connectivity index is 1.61. The van der Waals surface area contributed by atoms with Gasteiger partial charge in [-0.15, -0.1) is 11.3 Å². The number of rotatable bonds is 6. The summed E-state index contributed by atoms with van der Waals surface area (Å²) < 4.78 is 5.34. The van der Waals surface area contributed by atoms with Gasteiger partial charge in [-0.05, 0) is 61.9 Å². The molecule has 9 heteroatoms. The summed E-state index contributed by atoms with van der Waals surface area (Å²) in [7, 11) is 0. The highest BCUT2D eigenvalue weighted by Gasteiger charge is 2.17. The summed E-state index contributed by atoms with van der Waals surface area (Å²) in [6.07, 6.45) is 0.